The molecule has 0 aliphatic carbocycles. The Morgan fingerprint density at radius 3 is 2.70 bits per heavy atom. The van der Waals surface area contributed by atoms with Gasteiger partial charge in [-0.1, -0.05) is 29.4 Å². The summed E-state index contributed by atoms with van der Waals surface area (Å²) in [7, 11) is 1.56. The monoisotopic (exact) mass is 405 g/mol. The van der Waals surface area contributed by atoms with Crippen LogP contribution in [0.4, 0.5) is 0 Å². The van der Waals surface area contributed by atoms with Crippen molar-refractivity contribution < 1.29 is 23.5 Å². The van der Waals surface area contributed by atoms with Crippen LogP contribution in [0.2, 0.25) is 0 Å². The Kier molecular flexibility index (Phi) is 6.79. The zero-order chi connectivity index (χ0) is 21.3. The summed E-state index contributed by atoms with van der Waals surface area (Å²) < 4.78 is 20.8. The van der Waals surface area contributed by atoms with E-state index in [9.17, 15) is 10.1 Å². The van der Waals surface area contributed by atoms with Crippen LogP contribution in [0.25, 0.3) is 17.5 Å². The van der Waals surface area contributed by atoms with Crippen molar-refractivity contribution in [3.63, 3.8) is 0 Å². The molecule has 0 aliphatic rings. The van der Waals surface area contributed by atoms with Gasteiger partial charge in [0.05, 0.1) is 13.7 Å². The highest BCUT2D eigenvalue weighted by molar-refractivity contribution is 5.97. The van der Waals surface area contributed by atoms with Crippen LogP contribution in [0.5, 0.6) is 11.5 Å². The number of methoxy groups -OCH3 is 1. The van der Waals surface area contributed by atoms with Gasteiger partial charge in [-0.3, -0.25) is 0 Å². The van der Waals surface area contributed by atoms with Crippen molar-refractivity contribution in [2.24, 2.45) is 0 Å². The van der Waals surface area contributed by atoms with E-state index in [2.05, 4.69) is 10.1 Å². The van der Waals surface area contributed by atoms with E-state index < -0.39 is 5.97 Å². The van der Waals surface area contributed by atoms with Crippen molar-refractivity contribution in [1.82, 2.24) is 10.1 Å². The number of nitriles is 1. The molecule has 0 atom stereocenters. The second kappa shape index (κ2) is 9.89. The van der Waals surface area contributed by atoms with Crippen LogP contribution in [0.15, 0.2) is 58.6 Å². The number of ether oxygens (including phenoxy) is 3. The van der Waals surface area contributed by atoms with Gasteiger partial charge >= 0.3 is 5.97 Å². The first-order chi connectivity index (χ1) is 14.6. The zero-order valence-electron chi connectivity index (χ0n) is 16.5. The van der Waals surface area contributed by atoms with Gasteiger partial charge in [-0.25, -0.2) is 4.79 Å². The molecule has 8 heteroatoms. The molecule has 1 heterocycles. The molecule has 1 aromatic heterocycles. The summed E-state index contributed by atoms with van der Waals surface area (Å²) in [6, 6.07) is 16.0. The van der Waals surface area contributed by atoms with Crippen molar-refractivity contribution in [1.29, 1.82) is 5.26 Å². The van der Waals surface area contributed by atoms with Gasteiger partial charge < -0.3 is 18.7 Å². The molecule has 0 N–H and O–H groups in total. The maximum absolute atomic E-state index is 12.2. The number of aromatic nitrogens is 2. The van der Waals surface area contributed by atoms with Gasteiger partial charge in [0, 0.05) is 5.56 Å². The highest BCUT2D eigenvalue weighted by Gasteiger charge is 2.15. The summed E-state index contributed by atoms with van der Waals surface area (Å²) in [6.45, 7) is 2.19. The summed E-state index contributed by atoms with van der Waals surface area (Å²) in [5.74, 6) is 1.03. The number of hydrogen-bond acceptors (Lipinski definition) is 8. The fourth-order valence-electron chi connectivity index (χ4n) is 2.53. The molecule has 0 bridgehead atoms. The van der Waals surface area contributed by atoms with Crippen molar-refractivity contribution in [3.05, 3.63) is 65.6 Å². The lowest BCUT2D eigenvalue weighted by atomic mass is 10.1. The van der Waals surface area contributed by atoms with Gasteiger partial charge in [-0.2, -0.15) is 10.2 Å². The summed E-state index contributed by atoms with van der Waals surface area (Å²) >= 11 is 0. The van der Waals surface area contributed by atoms with E-state index >= 15 is 0 Å². The van der Waals surface area contributed by atoms with E-state index in [0.29, 0.717) is 35.1 Å². The number of rotatable bonds is 8. The molecule has 30 heavy (non-hydrogen) atoms. The highest BCUT2D eigenvalue weighted by atomic mass is 16.6. The molecule has 3 rings (SSSR count). The number of esters is 1. The second-order valence-electron chi connectivity index (χ2n) is 5.99. The molecule has 152 valence electrons. The Hall–Kier alpha value is -4.12. The van der Waals surface area contributed by atoms with E-state index in [1.165, 1.54) is 6.08 Å². The van der Waals surface area contributed by atoms with Crippen molar-refractivity contribution in [3.8, 4) is 29.0 Å². The van der Waals surface area contributed by atoms with Crippen LogP contribution in [0.1, 0.15) is 18.4 Å². The predicted molar refractivity (Wildman–Crippen MR) is 107 cm³/mol. The first-order valence-electron chi connectivity index (χ1n) is 9.11. The first-order valence-corrected chi connectivity index (χ1v) is 9.11. The zero-order valence-corrected chi connectivity index (χ0v) is 16.5. The largest absolute Gasteiger partial charge is 0.497 e. The molecule has 0 fully saturated rings. The van der Waals surface area contributed by atoms with Gasteiger partial charge in [0.15, 0.2) is 6.61 Å². The lowest BCUT2D eigenvalue weighted by Gasteiger charge is -2.03. The lowest BCUT2D eigenvalue weighted by molar-refractivity contribution is -0.140. The summed E-state index contributed by atoms with van der Waals surface area (Å²) in [6.07, 6.45) is 1.44. The average molecular weight is 405 g/mol. The van der Waals surface area contributed by atoms with Crippen molar-refractivity contribution >= 4 is 12.0 Å². The minimum absolute atomic E-state index is 0.111. The van der Waals surface area contributed by atoms with E-state index in [-0.39, 0.29) is 18.1 Å². The lowest BCUT2D eigenvalue weighted by Crippen LogP contribution is -2.07. The second-order valence-corrected chi connectivity index (χ2v) is 5.99. The van der Waals surface area contributed by atoms with Crippen molar-refractivity contribution in [2.75, 3.05) is 13.7 Å². The average Bonchev–Trinajstić information content (AvgIpc) is 3.26. The molecule has 3 aromatic rings. The summed E-state index contributed by atoms with van der Waals surface area (Å²) in [4.78, 5) is 16.4. The fraction of sp³-hybridized carbons (Fsp3) is 0.182. The molecule has 0 saturated heterocycles. The van der Waals surface area contributed by atoms with Gasteiger partial charge in [0.1, 0.15) is 23.1 Å². The molecule has 0 saturated carbocycles. The quantitative estimate of drug-likeness (QED) is 0.316. The van der Waals surface area contributed by atoms with E-state index in [0.717, 1.165) is 0 Å². The smallest absolute Gasteiger partial charge is 0.349 e. The molecular formula is C22H19N3O5. The topological polar surface area (TPSA) is 107 Å². The molecule has 0 unspecified atom stereocenters. The van der Waals surface area contributed by atoms with Gasteiger partial charge in [0.25, 0.3) is 5.89 Å². The molecule has 0 aliphatic heterocycles. The van der Waals surface area contributed by atoms with Gasteiger partial charge in [-0.05, 0) is 42.8 Å². The number of carbonyl (C=O) groups excluding carboxylic acids is 1. The number of benzene rings is 2. The molecule has 0 amide bonds. The van der Waals surface area contributed by atoms with E-state index in [1.807, 2.05) is 13.0 Å². The molecule has 0 spiro atoms. The molecular weight excluding hydrogens is 386 g/mol. The van der Waals surface area contributed by atoms with Gasteiger partial charge in [0.2, 0.25) is 5.82 Å². The third kappa shape index (κ3) is 5.23. The predicted octanol–water partition coefficient (Wildman–Crippen LogP) is 3.79. The van der Waals surface area contributed by atoms with Gasteiger partial charge in [-0.15, -0.1) is 0 Å². The third-order valence-corrected chi connectivity index (χ3v) is 3.97. The number of nitrogens with zero attached hydrogens (tertiary/aromatic N) is 3. The Balaban J connectivity index is 1.64. The molecule has 2 aromatic carbocycles. The first kappa shape index (κ1) is 20.6. The van der Waals surface area contributed by atoms with E-state index in [1.54, 1.807) is 55.6 Å². The van der Waals surface area contributed by atoms with Crippen molar-refractivity contribution in [2.45, 2.75) is 13.5 Å². The maximum Gasteiger partial charge on any atom is 0.349 e. The van der Waals surface area contributed by atoms with Crippen LogP contribution >= 0.6 is 0 Å². The fourth-order valence-corrected chi connectivity index (χ4v) is 2.53. The normalized spacial score (nSPS) is 10.9. The Morgan fingerprint density at radius 2 is 2.00 bits per heavy atom. The highest BCUT2D eigenvalue weighted by Crippen LogP contribution is 2.21. The van der Waals surface area contributed by atoms with Crippen LogP contribution in [-0.2, 0) is 16.1 Å². The minimum atomic E-state index is -0.785. The third-order valence-electron chi connectivity index (χ3n) is 3.97. The van der Waals surface area contributed by atoms with E-state index in [4.69, 9.17) is 18.7 Å². The minimum Gasteiger partial charge on any atom is -0.497 e. The standard InChI is InChI=1S/C22H19N3O5/c1-3-28-18-9-7-15(8-10-18)11-17(13-23)22(26)29-14-20-24-21(25-30-20)16-5-4-6-19(12-16)27-2/h4-12H,3,14H2,1-2H3/b17-11+. The number of hydrogen-bond donors (Lipinski definition) is 0. The Morgan fingerprint density at radius 1 is 1.20 bits per heavy atom. The summed E-state index contributed by atoms with van der Waals surface area (Å²) in [5, 5.41) is 13.2. The molecule has 8 nitrogen and oxygen atoms in total. The number of carbonyl (C=O) groups is 1. The molecule has 0 radical (unpaired) electrons. The Bertz CT molecular complexity index is 1080. The van der Waals surface area contributed by atoms with Crippen LogP contribution in [0, 0.1) is 11.3 Å². The Labute approximate surface area is 173 Å². The summed E-state index contributed by atoms with van der Waals surface area (Å²) in [5.41, 5.74) is 1.22. The SMILES string of the molecule is CCOc1ccc(/C=C(\C#N)C(=O)OCc2nc(-c3cccc(OC)c3)no2)cc1. The maximum atomic E-state index is 12.2. The van der Waals surface area contributed by atoms with Crippen LogP contribution < -0.4 is 9.47 Å². The van der Waals surface area contributed by atoms with Crippen LogP contribution in [0.3, 0.4) is 0 Å². The van der Waals surface area contributed by atoms with Crippen LogP contribution in [-0.4, -0.2) is 29.8 Å².